The highest BCUT2D eigenvalue weighted by Crippen LogP contribution is 2.23. The van der Waals surface area contributed by atoms with Crippen molar-refractivity contribution in [1.29, 1.82) is 0 Å². The number of nitrogens with zero attached hydrogens (tertiary/aromatic N) is 2. The molecule has 1 fully saturated rings. The van der Waals surface area contributed by atoms with E-state index in [0.29, 0.717) is 11.6 Å². The van der Waals surface area contributed by atoms with Crippen LogP contribution >= 0.6 is 11.6 Å². The lowest BCUT2D eigenvalue weighted by Gasteiger charge is -2.27. The Morgan fingerprint density at radius 3 is 2.95 bits per heavy atom. The lowest BCUT2D eigenvalue weighted by molar-refractivity contribution is -0.160. The van der Waals surface area contributed by atoms with E-state index >= 15 is 0 Å². The molecule has 0 bridgehead atoms. The molecule has 1 aromatic heterocycles. The summed E-state index contributed by atoms with van der Waals surface area (Å²) >= 11 is 5.97. The van der Waals surface area contributed by atoms with E-state index in [1.807, 2.05) is 26.8 Å². The first-order chi connectivity index (χ1) is 9.35. The molecule has 0 spiro atoms. The number of pyridine rings is 1. The van der Waals surface area contributed by atoms with Gasteiger partial charge in [-0.2, -0.15) is 0 Å². The summed E-state index contributed by atoms with van der Waals surface area (Å²) in [7, 11) is 0. The van der Waals surface area contributed by atoms with Gasteiger partial charge in [0, 0.05) is 17.8 Å². The van der Waals surface area contributed by atoms with Crippen molar-refractivity contribution in [2.75, 3.05) is 6.54 Å². The number of hydrogen-bond acceptors (Lipinski definition) is 4. The molecule has 0 unspecified atom stereocenters. The monoisotopic (exact) mass is 296 g/mol. The largest absolute Gasteiger partial charge is 0.459 e. The van der Waals surface area contributed by atoms with Crippen molar-refractivity contribution in [2.45, 2.75) is 51.8 Å². The Bertz CT molecular complexity index is 485. The molecule has 1 aliphatic heterocycles. The van der Waals surface area contributed by atoms with Gasteiger partial charge in [-0.3, -0.25) is 14.7 Å². The number of carbonyl (C=O) groups is 1. The SMILES string of the molecule is CC(C)(C)OC(=O)[C@@H]1CCCN1Cc1cc(Cl)ccn1. The molecule has 0 aliphatic carbocycles. The minimum Gasteiger partial charge on any atom is -0.459 e. The Hall–Kier alpha value is -1.13. The van der Waals surface area contributed by atoms with Gasteiger partial charge in [-0.15, -0.1) is 0 Å². The van der Waals surface area contributed by atoms with E-state index in [4.69, 9.17) is 16.3 Å². The molecule has 20 heavy (non-hydrogen) atoms. The van der Waals surface area contributed by atoms with Crippen molar-refractivity contribution in [1.82, 2.24) is 9.88 Å². The normalized spacial score (nSPS) is 20.1. The van der Waals surface area contributed by atoms with Gasteiger partial charge in [0.2, 0.25) is 0 Å². The Morgan fingerprint density at radius 2 is 2.30 bits per heavy atom. The van der Waals surface area contributed by atoms with E-state index in [9.17, 15) is 4.79 Å². The van der Waals surface area contributed by atoms with Crippen molar-refractivity contribution in [3.8, 4) is 0 Å². The van der Waals surface area contributed by atoms with Crippen LogP contribution in [0.25, 0.3) is 0 Å². The molecule has 1 saturated heterocycles. The Balaban J connectivity index is 2.02. The van der Waals surface area contributed by atoms with Gasteiger partial charge in [0.1, 0.15) is 11.6 Å². The van der Waals surface area contributed by atoms with Crippen molar-refractivity contribution in [3.05, 3.63) is 29.0 Å². The first-order valence-electron chi connectivity index (χ1n) is 6.92. The predicted octanol–water partition coefficient (Wildman–Crippen LogP) is 3.04. The molecular formula is C15H21ClN2O2. The molecule has 0 radical (unpaired) electrons. The Labute approximate surface area is 125 Å². The van der Waals surface area contributed by atoms with Crippen molar-refractivity contribution in [3.63, 3.8) is 0 Å². The minimum absolute atomic E-state index is 0.142. The summed E-state index contributed by atoms with van der Waals surface area (Å²) < 4.78 is 5.49. The fraction of sp³-hybridized carbons (Fsp3) is 0.600. The topological polar surface area (TPSA) is 42.4 Å². The summed E-state index contributed by atoms with van der Waals surface area (Å²) in [6.45, 7) is 7.19. The van der Waals surface area contributed by atoms with Crippen molar-refractivity contribution < 1.29 is 9.53 Å². The lowest BCUT2D eigenvalue weighted by atomic mass is 10.1. The number of carbonyl (C=O) groups excluding carboxylic acids is 1. The molecule has 4 nitrogen and oxygen atoms in total. The number of likely N-dealkylation sites (tertiary alicyclic amines) is 1. The molecule has 0 aromatic carbocycles. The third-order valence-electron chi connectivity index (χ3n) is 3.19. The number of hydrogen-bond donors (Lipinski definition) is 0. The van der Waals surface area contributed by atoms with E-state index in [1.54, 1.807) is 12.3 Å². The van der Waals surface area contributed by atoms with Gasteiger partial charge in [-0.1, -0.05) is 11.6 Å². The zero-order chi connectivity index (χ0) is 14.8. The van der Waals surface area contributed by atoms with E-state index in [2.05, 4.69) is 9.88 Å². The van der Waals surface area contributed by atoms with E-state index in [-0.39, 0.29) is 12.0 Å². The third kappa shape index (κ3) is 4.18. The summed E-state index contributed by atoms with van der Waals surface area (Å²) in [4.78, 5) is 18.6. The highest BCUT2D eigenvalue weighted by molar-refractivity contribution is 6.30. The smallest absolute Gasteiger partial charge is 0.323 e. The molecule has 5 heteroatoms. The molecule has 1 aliphatic rings. The van der Waals surface area contributed by atoms with Crippen LogP contribution in [0.15, 0.2) is 18.3 Å². The van der Waals surface area contributed by atoms with Crippen LogP contribution in [0.2, 0.25) is 5.02 Å². The Morgan fingerprint density at radius 1 is 1.55 bits per heavy atom. The minimum atomic E-state index is -0.445. The zero-order valence-electron chi connectivity index (χ0n) is 12.2. The van der Waals surface area contributed by atoms with Crippen LogP contribution in [-0.4, -0.2) is 34.0 Å². The van der Waals surface area contributed by atoms with E-state index < -0.39 is 5.60 Å². The van der Waals surface area contributed by atoms with Crippen LogP contribution in [0.1, 0.15) is 39.3 Å². The molecule has 1 aromatic rings. The second-order valence-electron chi connectivity index (χ2n) is 6.13. The summed E-state index contributed by atoms with van der Waals surface area (Å²) in [5.41, 5.74) is 0.438. The van der Waals surface area contributed by atoms with Crippen LogP contribution in [0, 0.1) is 0 Å². The number of halogens is 1. The van der Waals surface area contributed by atoms with Gasteiger partial charge in [0.05, 0.1) is 5.69 Å². The molecule has 110 valence electrons. The summed E-state index contributed by atoms with van der Waals surface area (Å²) in [6, 6.07) is 3.42. The van der Waals surface area contributed by atoms with Crippen molar-refractivity contribution >= 4 is 17.6 Å². The lowest BCUT2D eigenvalue weighted by Crippen LogP contribution is -2.40. The maximum absolute atomic E-state index is 12.2. The van der Waals surface area contributed by atoms with Crippen LogP contribution in [-0.2, 0) is 16.1 Å². The maximum atomic E-state index is 12.2. The fourth-order valence-electron chi connectivity index (χ4n) is 2.40. The second-order valence-corrected chi connectivity index (χ2v) is 6.56. The molecule has 2 heterocycles. The van der Waals surface area contributed by atoms with Gasteiger partial charge in [-0.25, -0.2) is 0 Å². The Kier molecular flexibility index (Phi) is 4.66. The average molecular weight is 297 g/mol. The summed E-state index contributed by atoms with van der Waals surface area (Å²) in [5.74, 6) is -0.142. The molecule has 0 amide bonds. The van der Waals surface area contributed by atoms with Crippen LogP contribution in [0.5, 0.6) is 0 Å². The van der Waals surface area contributed by atoms with Crippen molar-refractivity contribution in [2.24, 2.45) is 0 Å². The van der Waals surface area contributed by atoms with E-state index in [1.165, 1.54) is 0 Å². The van der Waals surface area contributed by atoms with Crippen LogP contribution in [0.3, 0.4) is 0 Å². The number of esters is 1. The predicted molar refractivity (Wildman–Crippen MR) is 78.5 cm³/mol. The standard InChI is InChI=1S/C15H21ClN2O2/c1-15(2,3)20-14(19)13-5-4-8-18(13)10-12-9-11(16)6-7-17-12/h6-7,9,13H,4-5,8,10H2,1-3H3/t13-/m0/s1. The molecule has 0 N–H and O–H groups in total. The summed E-state index contributed by atoms with van der Waals surface area (Å²) in [6.07, 6.45) is 3.54. The van der Waals surface area contributed by atoms with Gasteiger partial charge in [-0.05, 0) is 52.3 Å². The van der Waals surface area contributed by atoms with Gasteiger partial charge in [0.25, 0.3) is 0 Å². The highest BCUT2D eigenvalue weighted by atomic mass is 35.5. The summed E-state index contributed by atoms with van der Waals surface area (Å²) in [5, 5.41) is 0.669. The number of ether oxygens (including phenoxy) is 1. The average Bonchev–Trinajstić information content (AvgIpc) is 2.75. The number of aromatic nitrogens is 1. The maximum Gasteiger partial charge on any atom is 0.323 e. The second kappa shape index (κ2) is 6.10. The van der Waals surface area contributed by atoms with Crippen LogP contribution in [0.4, 0.5) is 0 Å². The number of rotatable bonds is 3. The molecular weight excluding hydrogens is 276 g/mol. The first-order valence-corrected chi connectivity index (χ1v) is 7.30. The van der Waals surface area contributed by atoms with Gasteiger partial charge >= 0.3 is 5.97 Å². The zero-order valence-corrected chi connectivity index (χ0v) is 13.0. The molecule has 2 rings (SSSR count). The highest BCUT2D eigenvalue weighted by Gasteiger charge is 2.34. The third-order valence-corrected chi connectivity index (χ3v) is 3.42. The van der Waals surface area contributed by atoms with E-state index in [0.717, 1.165) is 25.1 Å². The first kappa shape index (κ1) is 15.3. The van der Waals surface area contributed by atoms with Crippen LogP contribution < -0.4 is 0 Å². The van der Waals surface area contributed by atoms with Gasteiger partial charge < -0.3 is 4.74 Å². The fourth-order valence-corrected chi connectivity index (χ4v) is 2.58. The quantitative estimate of drug-likeness (QED) is 0.804. The molecule has 0 saturated carbocycles. The molecule has 1 atom stereocenters. The van der Waals surface area contributed by atoms with Gasteiger partial charge in [0.15, 0.2) is 0 Å².